The van der Waals surface area contributed by atoms with E-state index in [0.717, 1.165) is 11.1 Å². The Balaban J connectivity index is 0.000000442. The van der Waals surface area contributed by atoms with E-state index in [-0.39, 0.29) is 26.2 Å². The third-order valence-corrected chi connectivity index (χ3v) is 7.31. The van der Waals surface area contributed by atoms with Gasteiger partial charge in [-0.05, 0) is 0 Å². The van der Waals surface area contributed by atoms with E-state index in [4.69, 9.17) is 0 Å². The van der Waals surface area contributed by atoms with Crippen LogP contribution < -0.4 is 0 Å². The number of hydrogen-bond acceptors (Lipinski definition) is 0. The second-order valence-electron chi connectivity index (χ2n) is 9.22. The molecule has 0 aliphatic rings. The maximum atomic E-state index is 3.72. The molecule has 1 heteroatoms. The van der Waals surface area contributed by atoms with Crippen molar-refractivity contribution in [2.24, 2.45) is 0 Å². The van der Waals surface area contributed by atoms with Crippen LogP contribution in [0.1, 0.15) is 66.8 Å². The van der Waals surface area contributed by atoms with E-state index in [1.54, 1.807) is 0 Å². The predicted octanol–water partition coefficient (Wildman–Crippen LogP) is 9.63. The molecule has 0 aromatic heterocycles. The van der Waals surface area contributed by atoms with Crippen LogP contribution in [0.3, 0.4) is 0 Å². The molecule has 0 aliphatic carbocycles. The van der Waals surface area contributed by atoms with Crippen molar-refractivity contribution in [2.45, 2.75) is 69.2 Å². The van der Waals surface area contributed by atoms with Crippen LogP contribution in [0.25, 0.3) is 0 Å². The Morgan fingerprint density at radius 2 is 0.629 bits per heavy atom. The van der Waals surface area contributed by atoms with Crippen molar-refractivity contribution >= 4 is 0 Å². The van der Waals surface area contributed by atoms with Crippen molar-refractivity contribution < 1.29 is 26.2 Å². The number of hydrogen-bond donors (Lipinski definition) is 0. The van der Waals surface area contributed by atoms with E-state index in [1.807, 2.05) is 60.7 Å². The third-order valence-electron chi connectivity index (χ3n) is 7.31. The van der Waals surface area contributed by atoms with Crippen molar-refractivity contribution in [2.75, 3.05) is 0 Å². The zero-order valence-electron chi connectivity index (χ0n) is 23.7. The van der Waals surface area contributed by atoms with Gasteiger partial charge in [0.25, 0.3) is 0 Å². The summed E-state index contributed by atoms with van der Waals surface area (Å²) in [6.07, 6.45) is 0. The van der Waals surface area contributed by atoms with Crippen molar-refractivity contribution in [3.05, 3.63) is 141 Å². The molecule has 0 N–H and O–H groups in total. The van der Waals surface area contributed by atoms with E-state index in [0.29, 0.717) is 0 Å². The van der Waals surface area contributed by atoms with Crippen LogP contribution in [0.2, 0.25) is 0 Å². The molecular formula is C34H44Zr. The summed E-state index contributed by atoms with van der Waals surface area (Å²) in [5, 5.41) is 0. The summed E-state index contributed by atoms with van der Waals surface area (Å²) in [6.45, 7) is 29.4. The van der Waals surface area contributed by atoms with Gasteiger partial charge in [-0.2, -0.15) is 105 Å². The minimum absolute atomic E-state index is 0. The van der Waals surface area contributed by atoms with Crippen LogP contribution in [0.4, 0.5) is 0 Å². The fourth-order valence-electron chi connectivity index (χ4n) is 3.77. The summed E-state index contributed by atoms with van der Waals surface area (Å²) in [5.41, 5.74) is 16.8. The molecule has 0 nitrogen and oxygen atoms in total. The monoisotopic (exact) mass is 542 g/mol. The van der Waals surface area contributed by atoms with Gasteiger partial charge in [-0.15, -0.1) is 24.3 Å². The molecule has 0 aliphatic heterocycles. The molecule has 0 saturated carbocycles. The summed E-state index contributed by atoms with van der Waals surface area (Å²) in [5.74, 6) is 0. The first-order valence-electron chi connectivity index (χ1n) is 12.0. The van der Waals surface area contributed by atoms with Crippen LogP contribution in [0.15, 0.2) is 60.7 Å². The minimum atomic E-state index is 0. The Bertz CT molecular complexity index is 885. The van der Waals surface area contributed by atoms with Gasteiger partial charge in [0.1, 0.15) is 0 Å². The average Bonchev–Trinajstić information content (AvgIpc) is 3.11. The molecule has 35 heavy (non-hydrogen) atoms. The van der Waals surface area contributed by atoms with Crippen molar-refractivity contribution in [3.63, 3.8) is 0 Å². The average molecular weight is 544 g/mol. The largest absolute Gasteiger partial charge is 4.00 e. The molecule has 0 atom stereocenters. The number of benzene rings is 2. The van der Waals surface area contributed by atoms with Crippen molar-refractivity contribution in [1.82, 2.24) is 0 Å². The smallest absolute Gasteiger partial charge is 0.199 e. The Morgan fingerprint density at radius 1 is 0.429 bits per heavy atom. The number of rotatable bonds is 0. The second-order valence-corrected chi connectivity index (χ2v) is 9.22. The first-order valence-corrected chi connectivity index (χ1v) is 12.0. The third kappa shape index (κ3) is 9.73. The Morgan fingerprint density at radius 3 is 0.714 bits per heavy atom. The maximum Gasteiger partial charge on any atom is 4.00 e. The molecule has 4 aromatic rings. The molecule has 184 valence electrons. The molecule has 0 radical (unpaired) electrons. The van der Waals surface area contributed by atoms with Gasteiger partial charge in [-0.1, -0.05) is 81.4 Å². The molecular weight excluding hydrogens is 500 g/mol. The van der Waals surface area contributed by atoms with Gasteiger partial charge in [-0.25, -0.2) is 0 Å². The summed E-state index contributed by atoms with van der Waals surface area (Å²) < 4.78 is 0. The zero-order valence-corrected chi connectivity index (χ0v) is 26.1. The van der Waals surface area contributed by atoms with Crippen LogP contribution in [0, 0.1) is 83.1 Å². The van der Waals surface area contributed by atoms with E-state index >= 15 is 0 Å². The van der Waals surface area contributed by atoms with Crippen LogP contribution in [0.5, 0.6) is 0 Å². The van der Waals surface area contributed by atoms with Crippen molar-refractivity contribution in [1.29, 1.82) is 0 Å². The van der Waals surface area contributed by atoms with Gasteiger partial charge in [-0.3, -0.25) is 0 Å². The van der Waals surface area contributed by atoms with Gasteiger partial charge in [0.2, 0.25) is 0 Å². The topological polar surface area (TPSA) is 0 Å². The van der Waals surface area contributed by atoms with Crippen LogP contribution in [-0.4, -0.2) is 0 Å². The summed E-state index contributed by atoms with van der Waals surface area (Å²) >= 11 is 0. The Labute approximate surface area is 235 Å². The molecule has 0 bridgehead atoms. The van der Waals surface area contributed by atoms with Gasteiger partial charge in [0, 0.05) is 0 Å². The van der Waals surface area contributed by atoms with Gasteiger partial charge < -0.3 is 0 Å². The summed E-state index contributed by atoms with van der Waals surface area (Å²) in [6, 6.07) is 19.7. The minimum Gasteiger partial charge on any atom is -0.199 e. The van der Waals surface area contributed by atoms with Gasteiger partial charge in [0.15, 0.2) is 0 Å². The molecule has 4 rings (SSSR count). The van der Waals surface area contributed by atoms with Gasteiger partial charge >= 0.3 is 26.2 Å². The van der Waals surface area contributed by atoms with E-state index in [9.17, 15) is 0 Å². The molecule has 0 saturated heterocycles. The SMILES string of the molecule is Cc1c(C)c(C)[c-](C)c1C.Cc1c(C)c(C)[c-](C)c1C.[CH2-]c1ccccc1.[CH2-]c1ccccc1.[Zr+4]. The van der Waals surface area contributed by atoms with E-state index < -0.39 is 0 Å². The van der Waals surface area contributed by atoms with Crippen LogP contribution in [-0.2, 0) is 26.2 Å². The molecule has 0 amide bonds. The van der Waals surface area contributed by atoms with Crippen LogP contribution >= 0.6 is 0 Å². The Kier molecular flexibility index (Phi) is 14.7. The second kappa shape index (κ2) is 15.7. The standard InChI is InChI=1S/2C10H15.2C7H7.Zr/c2*1-6-7(2)9(4)10(5)8(6)3;2*1-7-5-3-2-4-6-7;/h2*1-5H3;2*2-6H,1H2;/q4*-1;+4. The molecule has 0 spiro atoms. The summed E-state index contributed by atoms with van der Waals surface area (Å²) in [7, 11) is 0. The van der Waals surface area contributed by atoms with Crippen molar-refractivity contribution in [3.8, 4) is 0 Å². The Hall–Kier alpha value is -2.24. The first-order chi connectivity index (χ1) is 15.9. The molecule has 0 fully saturated rings. The summed E-state index contributed by atoms with van der Waals surface area (Å²) in [4.78, 5) is 0. The predicted molar refractivity (Wildman–Crippen MR) is 153 cm³/mol. The molecule has 0 unspecified atom stereocenters. The fraction of sp³-hybridized carbons (Fsp3) is 0.294. The fourth-order valence-corrected chi connectivity index (χ4v) is 3.77. The maximum absolute atomic E-state index is 3.72. The quantitative estimate of drug-likeness (QED) is 0.194. The molecule has 4 aromatic carbocycles. The molecule has 0 heterocycles. The van der Waals surface area contributed by atoms with Gasteiger partial charge in [0.05, 0.1) is 0 Å². The van der Waals surface area contributed by atoms with E-state index in [2.05, 4.69) is 83.1 Å². The zero-order chi connectivity index (χ0) is 26.0. The first kappa shape index (κ1) is 32.8. The normalized spacial score (nSPS) is 9.43. The van der Waals surface area contributed by atoms with E-state index in [1.165, 1.54) is 55.6 Å².